The lowest BCUT2D eigenvalue weighted by Gasteiger charge is -2.24. The maximum absolute atomic E-state index is 11.3. The summed E-state index contributed by atoms with van der Waals surface area (Å²) in [6, 6.07) is 5.25. The van der Waals surface area contributed by atoms with E-state index >= 15 is 0 Å². The number of aliphatic hydroxyl groups excluding tert-OH is 1. The second-order valence-corrected chi connectivity index (χ2v) is 3.86. The summed E-state index contributed by atoms with van der Waals surface area (Å²) in [4.78, 5) is 13.2. The Hall–Kier alpha value is -1.85. The maximum Gasteiger partial charge on any atom is 0.274 e. The fourth-order valence-electron chi connectivity index (χ4n) is 1.85. The Balaban J connectivity index is 2.25. The molecule has 0 radical (unpaired) electrons. The minimum atomic E-state index is -0.518. The molecule has 1 aliphatic heterocycles. The van der Waals surface area contributed by atoms with E-state index in [9.17, 15) is 4.79 Å². The van der Waals surface area contributed by atoms with E-state index in [1.54, 1.807) is 17.6 Å². The Bertz CT molecular complexity index is 457. The minimum Gasteiger partial charge on any atom is -0.395 e. The molecule has 0 saturated heterocycles. The zero-order valence-electron chi connectivity index (χ0n) is 9.26. The van der Waals surface area contributed by atoms with E-state index in [4.69, 9.17) is 10.3 Å². The van der Waals surface area contributed by atoms with Crippen molar-refractivity contribution in [3.8, 4) is 0 Å². The smallest absolute Gasteiger partial charge is 0.274 e. The van der Waals surface area contributed by atoms with Crippen molar-refractivity contribution in [3.05, 3.63) is 41.1 Å². The molecule has 2 rings (SSSR count). The van der Waals surface area contributed by atoms with Gasteiger partial charge in [-0.1, -0.05) is 6.07 Å². The van der Waals surface area contributed by atoms with Gasteiger partial charge in [0, 0.05) is 24.9 Å². The number of fused-ring (bicyclic) bond motifs is 1. The van der Waals surface area contributed by atoms with Gasteiger partial charge in [-0.3, -0.25) is 10.0 Å². The number of β-amino-alcohol motifs (C(OH)–C–C–N with tert-alkyl or cyclic N) is 1. The average Bonchev–Trinajstić information content (AvgIpc) is 2.37. The first kappa shape index (κ1) is 11.6. The van der Waals surface area contributed by atoms with Gasteiger partial charge in [0.1, 0.15) is 0 Å². The molecule has 17 heavy (non-hydrogen) atoms. The van der Waals surface area contributed by atoms with Gasteiger partial charge in [-0.2, -0.15) is 0 Å². The number of carbonyl (C=O) groups is 1. The summed E-state index contributed by atoms with van der Waals surface area (Å²) >= 11 is 0. The van der Waals surface area contributed by atoms with Crippen LogP contribution in [0.3, 0.4) is 0 Å². The normalized spacial score (nSPS) is 13.4. The largest absolute Gasteiger partial charge is 0.395 e. The summed E-state index contributed by atoms with van der Waals surface area (Å²) < 4.78 is 0. The molecular formula is C12H14N2O3. The Morgan fingerprint density at radius 1 is 1.47 bits per heavy atom. The predicted molar refractivity (Wildman–Crippen MR) is 62.2 cm³/mol. The fourth-order valence-corrected chi connectivity index (χ4v) is 1.85. The van der Waals surface area contributed by atoms with Crippen LogP contribution in [0.1, 0.15) is 21.5 Å². The molecule has 0 unspecified atom stereocenters. The molecule has 1 aromatic carbocycles. The molecule has 0 aliphatic carbocycles. The van der Waals surface area contributed by atoms with Crippen molar-refractivity contribution in [1.82, 2.24) is 10.4 Å². The van der Waals surface area contributed by atoms with E-state index < -0.39 is 5.91 Å². The molecule has 0 bridgehead atoms. The highest BCUT2D eigenvalue weighted by atomic mass is 16.5. The topological polar surface area (TPSA) is 72.8 Å². The number of amides is 1. The van der Waals surface area contributed by atoms with Gasteiger partial charge in [0.05, 0.1) is 6.61 Å². The number of hydroxylamine groups is 1. The van der Waals surface area contributed by atoms with Crippen LogP contribution in [0.15, 0.2) is 24.4 Å². The molecule has 1 amide bonds. The van der Waals surface area contributed by atoms with Crippen LogP contribution in [0.4, 0.5) is 0 Å². The highest BCUT2D eigenvalue weighted by Crippen LogP contribution is 2.20. The lowest BCUT2D eigenvalue weighted by atomic mass is 10.0. The lowest BCUT2D eigenvalue weighted by molar-refractivity contribution is 0.0706. The lowest BCUT2D eigenvalue weighted by Crippen LogP contribution is -2.24. The standard InChI is InChI=1S/C12H14N2O3/c15-6-5-14-4-3-9-1-2-10(12(16)13-17)7-11(9)8-14/h1-4,7,15,17H,5-6,8H2,(H,13,16). The molecule has 0 saturated carbocycles. The first-order valence-electron chi connectivity index (χ1n) is 5.35. The van der Waals surface area contributed by atoms with Crippen LogP contribution >= 0.6 is 0 Å². The molecular weight excluding hydrogens is 220 g/mol. The molecule has 3 N–H and O–H groups in total. The zero-order valence-corrected chi connectivity index (χ0v) is 9.26. The van der Waals surface area contributed by atoms with E-state index in [1.807, 2.05) is 23.2 Å². The summed E-state index contributed by atoms with van der Waals surface area (Å²) in [6.45, 7) is 1.31. The molecule has 1 heterocycles. The first-order chi connectivity index (χ1) is 8.24. The molecule has 5 nitrogen and oxygen atoms in total. The molecule has 0 atom stereocenters. The highest BCUT2D eigenvalue weighted by Gasteiger charge is 2.13. The van der Waals surface area contributed by atoms with Crippen molar-refractivity contribution in [1.29, 1.82) is 0 Å². The van der Waals surface area contributed by atoms with Crippen LogP contribution in [-0.4, -0.2) is 34.3 Å². The van der Waals surface area contributed by atoms with Crippen LogP contribution in [0.2, 0.25) is 0 Å². The first-order valence-corrected chi connectivity index (χ1v) is 5.35. The maximum atomic E-state index is 11.3. The minimum absolute atomic E-state index is 0.0937. The van der Waals surface area contributed by atoms with Crippen molar-refractivity contribution in [2.45, 2.75) is 6.54 Å². The molecule has 90 valence electrons. The fraction of sp³-hybridized carbons (Fsp3) is 0.250. The number of benzene rings is 1. The van der Waals surface area contributed by atoms with E-state index in [1.165, 1.54) is 0 Å². The third-order valence-electron chi connectivity index (χ3n) is 2.73. The molecule has 0 spiro atoms. The van der Waals surface area contributed by atoms with Crippen molar-refractivity contribution >= 4 is 12.0 Å². The Kier molecular flexibility index (Phi) is 3.41. The van der Waals surface area contributed by atoms with Crippen molar-refractivity contribution in [2.75, 3.05) is 13.2 Å². The van der Waals surface area contributed by atoms with Gasteiger partial charge in [-0.05, 0) is 29.3 Å². The Morgan fingerprint density at radius 2 is 2.29 bits per heavy atom. The zero-order chi connectivity index (χ0) is 12.3. The van der Waals surface area contributed by atoms with Crippen molar-refractivity contribution in [2.24, 2.45) is 0 Å². The number of nitrogens with zero attached hydrogens (tertiary/aromatic N) is 1. The molecule has 5 heteroatoms. The second kappa shape index (κ2) is 4.99. The van der Waals surface area contributed by atoms with Gasteiger partial charge in [0.2, 0.25) is 0 Å². The summed E-state index contributed by atoms with van der Waals surface area (Å²) in [6.07, 6.45) is 3.86. The molecule has 0 fully saturated rings. The van der Waals surface area contributed by atoms with Gasteiger partial charge in [-0.15, -0.1) is 0 Å². The van der Waals surface area contributed by atoms with E-state index in [-0.39, 0.29) is 6.61 Å². The third kappa shape index (κ3) is 2.46. The Labute approximate surface area is 98.9 Å². The summed E-state index contributed by atoms with van der Waals surface area (Å²) in [5, 5.41) is 17.4. The van der Waals surface area contributed by atoms with E-state index in [0.29, 0.717) is 18.7 Å². The number of rotatable bonds is 3. The Morgan fingerprint density at radius 3 is 3.00 bits per heavy atom. The van der Waals surface area contributed by atoms with E-state index in [2.05, 4.69) is 0 Å². The third-order valence-corrected chi connectivity index (χ3v) is 2.73. The second-order valence-electron chi connectivity index (χ2n) is 3.86. The summed E-state index contributed by atoms with van der Waals surface area (Å²) in [5.74, 6) is -0.518. The van der Waals surface area contributed by atoms with Crippen LogP contribution in [0, 0.1) is 0 Å². The SMILES string of the molecule is O=C(NO)c1ccc2c(c1)CN(CCO)C=C2. The van der Waals surface area contributed by atoms with Crippen LogP contribution < -0.4 is 5.48 Å². The average molecular weight is 234 g/mol. The van der Waals surface area contributed by atoms with Gasteiger partial charge in [0.15, 0.2) is 0 Å². The predicted octanol–water partition coefficient (Wildman–Crippen LogP) is 0.584. The van der Waals surface area contributed by atoms with Gasteiger partial charge < -0.3 is 10.0 Å². The number of aliphatic hydroxyl groups is 1. The van der Waals surface area contributed by atoms with Gasteiger partial charge in [-0.25, -0.2) is 5.48 Å². The van der Waals surface area contributed by atoms with Crippen molar-refractivity contribution in [3.63, 3.8) is 0 Å². The number of hydrogen-bond donors (Lipinski definition) is 3. The van der Waals surface area contributed by atoms with Gasteiger partial charge >= 0.3 is 0 Å². The number of hydrogen-bond acceptors (Lipinski definition) is 4. The monoisotopic (exact) mass is 234 g/mol. The quantitative estimate of drug-likeness (QED) is 0.528. The van der Waals surface area contributed by atoms with Crippen LogP contribution in [0.25, 0.3) is 6.08 Å². The van der Waals surface area contributed by atoms with E-state index in [0.717, 1.165) is 11.1 Å². The van der Waals surface area contributed by atoms with Crippen molar-refractivity contribution < 1.29 is 15.1 Å². The molecule has 0 aromatic heterocycles. The van der Waals surface area contributed by atoms with Crippen LogP contribution in [-0.2, 0) is 6.54 Å². The summed E-state index contributed by atoms with van der Waals surface area (Å²) in [5.41, 5.74) is 4.09. The number of nitrogens with one attached hydrogen (secondary N) is 1. The molecule has 1 aliphatic rings. The number of carbonyl (C=O) groups excluding carboxylic acids is 1. The van der Waals surface area contributed by atoms with Crippen LogP contribution in [0.5, 0.6) is 0 Å². The summed E-state index contributed by atoms with van der Waals surface area (Å²) in [7, 11) is 0. The molecule has 1 aromatic rings. The highest BCUT2D eigenvalue weighted by molar-refractivity contribution is 5.93. The van der Waals surface area contributed by atoms with Gasteiger partial charge in [0.25, 0.3) is 5.91 Å².